The molecule has 2 nitrogen and oxygen atoms in total. The van der Waals surface area contributed by atoms with Gasteiger partial charge in [-0.05, 0) is 54.6 Å². The zero-order valence-corrected chi connectivity index (χ0v) is 11.9. The van der Waals surface area contributed by atoms with Gasteiger partial charge in [-0.3, -0.25) is 0 Å². The van der Waals surface area contributed by atoms with Gasteiger partial charge in [0, 0.05) is 11.3 Å². The highest BCUT2D eigenvalue weighted by Crippen LogP contribution is 2.27. The third kappa shape index (κ3) is 2.70. The Hall–Kier alpha value is -1.41. The average Bonchev–Trinajstić information content (AvgIpc) is 2.27. The molecule has 0 aliphatic heterocycles. The van der Waals surface area contributed by atoms with Crippen molar-refractivity contribution in [1.82, 2.24) is 9.97 Å². The average molecular weight is 261 g/mol. The van der Waals surface area contributed by atoms with Gasteiger partial charge in [0.25, 0.3) is 0 Å². The molecule has 0 N–H and O–H groups in total. The highest BCUT2D eigenvalue weighted by molar-refractivity contribution is 6.28. The van der Waals surface area contributed by atoms with Crippen LogP contribution < -0.4 is 0 Å². The molecule has 2 aromatic rings. The first-order chi connectivity index (χ1) is 8.47. The zero-order chi connectivity index (χ0) is 13.3. The lowest BCUT2D eigenvalue weighted by Gasteiger charge is -2.11. The van der Waals surface area contributed by atoms with Crippen LogP contribution in [0.25, 0.3) is 11.3 Å². The zero-order valence-electron chi connectivity index (χ0n) is 11.2. The molecular formula is C15H17ClN2. The minimum atomic E-state index is 0.305. The van der Waals surface area contributed by atoms with E-state index < -0.39 is 0 Å². The van der Waals surface area contributed by atoms with Crippen LogP contribution in [0.4, 0.5) is 0 Å². The van der Waals surface area contributed by atoms with Crippen LogP contribution in [0.3, 0.4) is 0 Å². The maximum atomic E-state index is 5.93. The van der Waals surface area contributed by atoms with Gasteiger partial charge in [0.1, 0.15) is 0 Å². The Morgan fingerprint density at radius 2 is 1.78 bits per heavy atom. The van der Waals surface area contributed by atoms with Gasteiger partial charge < -0.3 is 0 Å². The molecular weight excluding hydrogens is 244 g/mol. The molecule has 0 saturated heterocycles. The van der Waals surface area contributed by atoms with E-state index in [-0.39, 0.29) is 0 Å². The lowest BCUT2D eigenvalue weighted by atomic mass is 9.96. The molecule has 1 aromatic carbocycles. The van der Waals surface area contributed by atoms with Crippen molar-refractivity contribution in [2.75, 3.05) is 0 Å². The minimum Gasteiger partial charge on any atom is -0.223 e. The number of rotatable bonds is 2. The predicted octanol–water partition coefficient (Wildman–Crippen LogP) is 4.54. The Labute approximate surface area is 113 Å². The first-order valence-corrected chi connectivity index (χ1v) is 6.47. The second kappa shape index (κ2) is 5.07. The van der Waals surface area contributed by atoms with Crippen LogP contribution in [-0.4, -0.2) is 9.97 Å². The van der Waals surface area contributed by atoms with Gasteiger partial charge in [0.05, 0.1) is 5.69 Å². The molecule has 94 valence electrons. The lowest BCUT2D eigenvalue weighted by Crippen LogP contribution is -1.95. The fourth-order valence-corrected chi connectivity index (χ4v) is 2.17. The normalized spacial score (nSPS) is 11.0. The molecule has 1 aromatic heterocycles. The van der Waals surface area contributed by atoms with E-state index in [1.54, 1.807) is 0 Å². The fourth-order valence-electron chi connectivity index (χ4n) is 1.94. The van der Waals surface area contributed by atoms with Gasteiger partial charge in [-0.25, -0.2) is 9.97 Å². The van der Waals surface area contributed by atoms with Crippen LogP contribution in [0, 0.1) is 13.8 Å². The molecule has 2 rings (SSSR count). The number of halogens is 1. The maximum absolute atomic E-state index is 5.93. The van der Waals surface area contributed by atoms with Gasteiger partial charge in [0.15, 0.2) is 0 Å². The molecule has 0 fully saturated rings. The summed E-state index contributed by atoms with van der Waals surface area (Å²) in [6.45, 7) is 8.39. The van der Waals surface area contributed by atoms with Gasteiger partial charge in [-0.15, -0.1) is 0 Å². The number of hydrogen-bond acceptors (Lipinski definition) is 2. The van der Waals surface area contributed by atoms with Crippen LogP contribution in [-0.2, 0) is 0 Å². The molecule has 0 saturated carbocycles. The monoisotopic (exact) mass is 260 g/mol. The molecule has 0 spiro atoms. The Morgan fingerprint density at radius 3 is 2.39 bits per heavy atom. The topological polar surface area (TPSA) is 25.8 Å². The largest absolute Gasteiger partial charge is 0.223 e. The van der Waals surface area contributed by atoms with Crippen molar-refractivity contribution in [1.29, 1.82) is 0 Å². The summed E-state index contributed by atoms with van der Waals surface area (Å²) in [5.74, 6) is 0.503. The Kier molecular flexibility index (Phi) is 3.67. The van der Waals surface area contributed by atoms with Gasteiger partial charge in [0.2, 0.25) is 5.28 Å². The number of hydrogen-bond donors (Lipinski definition) is 0. The molecule has 18 heavy (non-hydrogen) atoms. The number of aromatic nitrogens is 2. The summed E-state index contributed by atoms with van der Waals surface area (Å²) in [5, 5.41) is 0.305. The van der Waals surface area contributed by atoms with E-state index in [4.69, 9.17) is 11.6 Å². The van der Waals surface area contributed by atoms with Crippen LogP contribution in [0.1, 0.15) is 36.6 Å². The fraction of sp³-hybridized carbons (Fsp3) is 0.333. The Balaban J connectivity index is 2.58. The first kappa shape index (κ1) is 13.0. The number of aryl methyl sites for hydroxylation is 2. The van der Waals surface area contributed by atoms with Crippen molar-refractivity contribution in [3.05, 3.63) is 46.4 Å². The van der Waals surface area contributed by atoms with Crippen molar-refractivity contribution in [2.24, 2.45) is 0 Å². The highest BCUT2D eigenvalue weighted by Gasteiger charge is 2.09. The quantitative estimate of drug-likeness (QED) is 0.741. The van der Waals surface area contributed by atoms with E-state index in [0.29, 0.717) is 11.2 Å². The van der Waals surface area contributed by atoms with Crippen LogP contribution in [0.5, 0.6) is 0 Å². The molecule has 0 atom stereocenters. The summed E-state index contributed by atoms with van der Waals surface area (Å²) < 4.78 is 0. The Morgan fingerprint density at radius 1 is 1.06 bits per heavy atom. The smallest absolute Gasteiger partial charge is 0.223 e. The second-order valence-corrected chi connectivity index (χ2v) is 5.23. The van der Waals surface area contributed by atoms with Crippen LogP contribution >= 0.6 is 11.6 Å². The van der Waals surface area contributed by atoms with Crippen molar-refractivity contribution in [3.8, 4) is 11.3 Å². The summed E-state index contributed by atoms with van der Waals surface area (Å²) in [6, 6.07) is 8.46. The molecule has 1 heterocycles. The molecule has 3 heteroatoms. The maximum Gasteiger partial charge on any atom is 0.223 e. The number of nitrogens with zero attached hydrogens (tertiary/aromatic N) is 2. The highest BCUT2D eigenvalue weighted by atomic mass is 35.5. The molecule has 0 aliphatic rings. The van der Waals surface area contributed by atoms with E-state index in [1.807, 2.05) is 13.0 Å². The standard InChI is InChI=1S/C15H17ClN2/c1-9(2)12-6-5-10(3)13(8-12)14-7-11(4)17-15(16)18-14/h5-9H,1-4H3. The predicted molar refractivity (Wildman–Crippen MR) is 76.0 cm³/mol. The van der Waals surface area contributed by atoms with Crippen LogP contribution in [0.15, 0.2) is 24.3 Å². The van der Waals surface area contributed by atoms with E-state index >= 15 is 0 Å². The number of benzene rings is 1. The minimum absolute atomic E-state index is 0.305. The SMILES string of the molecule is Cc1cc(-c2cc(C(C)C)ccc2C)nc(Cl)n1. The third-order valence-electron chi connectivity index (χ3n) is 3.03. The summed E-state index contributed by atoms with van der Waals surface area (Å²) in [4.78, 5) is 8.42. The van der Waals surface area contributed by atoms with Crippen molar-refractivity contribution in [3.63, 3.8) is 0 Å². The molecule has 0 aliphatic carbocycles. The van der Waals surface area contributed by atoms with E-state index in [0.717, 1.165) is 17.0 Å². The van der Waals surface area contributed by atoms with E-state index in [1.165, 1.54) is 11.1 Å². The van der Waals surface area contributed by atoms with Crippen molar-refractivity contribution < 1.29 is 0 Å². The summed E-state index contributed by atoms with van der Waals surface area (Å²) in [6.07, 6.45) is 0. The third-order valence-corrected chi connectivity index (χ3v) is 3.20. The summed E-state index contributed by atoms with van der Waals surface area (Å²) >= 11 is 5.93. The van der Waals surface area contributed by atoms with Crippen molar-refractivity contribution >= 4 is 11.6 Å². The Bertz CT molecular complexity index is 556. The van der Waals surface area contributed by atoms with Gasteiger partial charge in [-0.1, -0.05) is 26.0 Å². The van der Waals surface area contributed by atoms with Gasteiger partial charge in [-0.2, -0.15) is 0 Å². The van der Waals surface area contributed by atoms with Crippen molar-refractivity contribution in [2.45, 2.75) is 33.6 Å². The van der Waals surface area contributed by atoms with Crippen LogP contribution in [0.2, 0.25) is 5.28 Å². The molecule has 0 unspecified atom stereocenters. The summed E-state index contributed by atoms with van der Waals surface area (Å²) in [5.41, 5.74) is 5.43. The molecule has 0 bridgehead atoms. The summed E-state index contributed by atoms with van der Waals surface area (Å²) in [7, 11) is 0. The van der Waals surface area contributed by atoms with E-state index in [2.05, 4.69) is 48.9 Å². The first-order valence-electron chi connectivity index (χ1n) is 6.09. The second-order valence-electron chi connectivity index (χ2n) is 4.89. The molecule has 0 amide bonds. The van der Waals surface area contributed by atoms with Gasteiger partial charge >= 0.3 is 0 Å². The lowest BCUT2D eigenvalue weighted by molar-refractivity contribution is 0.866. The molecule has 0 radical (unpaired) electrons. The van der Waals surface area contributed by atoms with E-state index in [9.17, 15) is 0 Å².